The summed E-state index contributed by atoms with van der Waals surface area (Å²) in [5, 5.41) is 24.1. The van der Waals surface area contributed by atoms with Gasteiger partial charge in [0.25, 0.3) is 0 Å². The Hall–Kier alpha value is -2.41. The van der Waals surface area contributed by atoms with Gasteiger partial charge in [-0.2, -0.15) is 0 Å². The van der Waals surface area contributed by atoms with Crippen LogP contribution in [0.4, 0.5) is 0 Å². The van der Waals surface area contributed by atoms with Gasteiger partial charge in [0.2, 0.25) is 5.91 Å². The molecule has 0 aromatic heterocycles. The molecule has 1 aliphatic heterocycles. The summed E-state index contributed by atoms with van der Waals surface area (Å²) in [5.41, 5.74) is 6.55. The fourth-order valence-electron chi connectivity index (χ4n) is 2.77. The molecule has 0 aliphatic carbocycles. The minimum atomic E-state index is -0.969. The Labute approximate surface area is 168 Å². The van der Waals surface area contributed by atoms with Crippen molar-refractivity contribution in [3.8, 4) is 17.8 Å². The van der Waals surface area contributed by atoms with E-state index in [0.717, 1.165) is 0 Å². The first-order valence-electron chi connectivity index (χ1n) is 8.79. The highest BCUT2D eigenvalue weighted by Crippen LogP contribution is 2.39. The maximum Gasteiger partial charge on any atom is 0.322 e. The van der Waals surface area contributed by atoms with E-state index in [1.54, 1.807) is 19.1 Å². The van der Waals surface area contributed by atoms with E-state index in [0.29, 0.717) is 12.2 Å². The minimum absolute atomic E-state index is 0.0744. The number of aliphatic carboxylic acids is 1. The Morgan fingerprint density at radius 1 is 1.39 bits per heavy atom. The SMILES string of the molecule is CCOC#CC(NC(=O)[C@H](N)c1ccc(O)cc1)C1N[C@@H](C(=O)O)C(C)(C)S1. The summed E-state index contributed by atoms with van der Waals surface area (Å²) >= 11 is 1.38. The van der Waals surface area contributed by atoms with E-state index in [9.17, 15) is 19.8 Å². The maximum absolute atomic E-state index is 12.6. The third-order valence-electron chi connectivity index (χ3n) is 4.27. The summed E-state index contributed by atoms with van der Waals surface area (Å²) in [5.74, 6) is 1.46. The minimum Gasteiger partial charge on any atom is -0.508 e. The molecular formula is C19H25N3O5S. The first-order valence-corrected chi connectivity index (χ1v) is 9.67. The lowest BCUT2D eigenvalue weighted by Crippen LogP contribution is -2.51. The fourth-order valence-corrected chi connectivity index (χ4v) is 4.20. The summed E-state index contributed by atoms with van der Waals surface area (Å²) < 4.78 is 4.47. The lowest BCUT2D eigenvalue weighted by atomic mass is 10.0. The van der Waals surface area contributed by atoms with Gasteiger partial charge in [0.05, 0.1) is 12.0 Å². The monoisotopic (exact) mass is 407 g/mol. The molecule has 1 saturated heterocycles. The van der Waals surface area contributed by atoms with E-state index in [1.807, 2.05) is 13.8 Å². The second-order valence-electron chi connectivity index (χ2n) is 6.81. The zero-order valence-corrected chi connectivity index (χ0v) is 16.7. The van der Waals surface area contributed by atoms with Gasteiger partial charge in [-0.05, 0) is 44.4 Å². The molecular weight excluding hydrogens is 382 g/mol. The molecule has 1 amide bonds. The predicted molar refractivity (Wildman–Crippen MR) is 106 cm³/mol. The molecule has 1 aromatic carbocycles. The molecule has 9 heteroatoms. The highest BCUT2D eigenvalue weighted by molar-refractivity contribution is 8.01. The Morgan fingerprint density at radius 3 is 2.57 bits per heavy atom. The number of nitrogens with two attached hydrogens (primary N) is 1. The van der Waals surface area contributed by atoms with Crippen LogP contribution in [-0.2, 0) is 14.3 Å². The van der Waals surface area contributed by atoms with Crippen LogP contribution in [0.25, 0.3) is 0 Å². The number of amides is 1. The van der Waals surface area contributed by atoms with E-state index < -0.39 is 40.1 Å². The zero-order chi connectivity index (χ0) is 20.9. The summed E-state index contributed by atoms with van der Waals surface area (Å²) in [6.07, 6.45) is 2.54. The van der Waals surface area contributed by atoms with Gasteiger partial charge in [-0.25, -0.2) is 0 Å². The molecule has 2 unspecified atom stereocenters. The average molecular weight is 407 g/mol. The predicted octanol–water partition coefficient (Wildman–Crippen LogP) is 0.769. The summed E-state index contributed by atoms with van der Waals surface area (Å²) in [7, 11) is 0. The van der Waals surface area contributed by atoms with Crippen molar-refractivity contribution in [2.24, 2.45) is 5.73 Å². The Balaban J connectivity index is 2.17. The molecule has 4 atom stereocenters. The highest BCUT2D eigenvalue weighted by Gasteiger charge is 2.47. The maximum atomic E-state index is 12.6. The normalized spacial score (nSPS) is 22.4. The van der Waals surface area contributed by atoms with Gasteiger partial charge in [-0.1, -0.05) is 12.1 Å². The van der Waals surface area contributed by atoms with Gasteiger partial charge in [0.1, 0.15) is 30.0 Å². The van der Waals surface area contributed by atoms with Crippen LogP contribution in [0.2, 0.25) is 0 Å². The van der Waals surface area contributed by atoms with E-state index in [-0.39, 0.29) is 5.75 Å². The molecule has 28 heavy (non-hydrogen) atoms. The second kappa shape index (κ2) is 9.19. The molecule has 1 heterocycles. The van der Waals surface area contributed by atoms with Crippen LogP contribution in [0.3, 0.4) is 0 Å². The number of carbonyl (C=O) groups excluding carboxylic acids is 1. The van der Waals surface area contributed by atoms with E-state index in [1.165, 1.54) is 23.9 Å². The van der Waals surface area contributed by atoms with Crippen LogP contribution in [0.5, 0.6) is 5.75 Å². The van der Waals surface area contributed by atoms with Gasteiger partial charge < -0.3 is 26.0 Å². The van der Waals surface area contributed by atoms with E-state index in [2.05, 4.69) is 22.7 Å². The number of carboxylic acid groups (broad SMARTS) is 1. The van der Waals surface area contributed by atoms with Crippen molar-refractivity contribution < 1.29 is 24.5 Å². The number of benzene rings is 1. The number of thioether (sulfide) groups is 1. The molecule has 152 valence electrons. The van der Waals surface area contributed by atoms with Crippen LogP contribution in [0.1, 0.15) is 32.4 Å². The van der Waals surface area contributed by atoms with Crippen molar-refractivity contribution in [2.45, 2.75) is 49.0 Å². The molecule has 0 radical (unpaired) electrons. The standard InChI is InChI=1S/C19H25N3O5S/c1-4-27-10-9-13(17-22-15(18(25)26)19(2,3)28-17)21-16(24)14(20)11-5-7-12(23)8-6-11/h5-8,13-15,17,22-23H,4,20H2,1-3H3,(H,21,24)(H,25,26)/t13?,14-,15+,17?/m1/s1. The number of aromatic hydroxyl groups is 1. The van der Waals surface area contributed by atoms with Gasteiger partial charge in [-0.3, -0.25) is 14.9 Å². The first kappa shape index (κ1) is 21.9. The van der Waals surface area contributed by atoms with Crippen molar-refractivity contribution in [3.63, 3.8) is 0 Å². The van der Waals surface area contributed by atoms with Crippen molar-refractivity contribution in [1.29, 1.82) is 0 Å². The molecule has 1 aliphatic rings. The van der Waals surface area contributed by atoms with Crippen LogP contribution in [0.15, 0.2) is 24.3 Å². The van der Waals surface area contributed by atoms with Gasteiger partial charge >= 0.3 is 5.97 Å². The van der Waals surface area contributed by atoms with Gasteiger partial charge in [0.15, 0.2) is 0 Å². The topological polar surface area (TPSA) is 134 Å². The molecule has 0 bridgehead atoms. The largest absolute Gasteiger partial charge is 0.508 e. The van der Waals surface area contributed by atoms with Crippen molar-refractivity contribution in [1.82, 2.24) is 10.6 Å². The number of hydrogen-bond donors (Lipinski definition) is 5. The smallest absolute Gasteiger partial charge is 0.322 e. The second-order valence-corrected chi connectivity index (χ2v) is 8.61. The number of phenolic OH excluding ortho intramolecular Hbond substituents is 1. The summed E-state index contributed by atoms with van der Waals surface area (Å²) in [4.78, 5) is 24.2. The highest BCUT2D eigenvalue weighted by atomic mass is 32.2. The average Bonchev–Trinajstić information content (AvgIpc) is 2.96. The number of rotatable bonds is 6. The number of phenols is 1. The molecule has 0 spiro atoms. The zero-order valence-electron chi connectivity index (χ0n) is 15.9. The van der Waals surface area contributed by atoms with Crippen LogP contribution >= 0.6 is 11.8 Å². The third kappa shape index (κ3) is 5.32. The number of nitrogens with one attached hydrogen (secondary N) is 2. The van der Waals surface area contributed by atoms with Crippen LogP contribution < -0.4 is 16.4 Å². The number of carbonyl (C=O) groups is 2. The molecule has 1 aromatic rings. The Morgan fingerprint density at radius 2 is 2.04 bits per heavy atom. The number of hydrogen-bond acceptors (Lipinski definition) is 7. The molecule has 2 rings (SSSR count). The lowest BCUT2D eigenvalue weighted by Gasteiger charge is -2.23. The van der Waals surface area contributed by atoms with Crippen LogP contribution in [-0.4, -0.2) is 50.9 Å². The molecule has 0 saturated carbocycles. The van der Waals surface area contributed by atoms with E-state index >= 15 is 0 Å². The summed E-state index contributed by atoms with van der Waals surface area (Å²) in [6.45, 7) is 5.81. The molecule has 8 nitrogen and oxygen atoms in total. The van der Waals surface area contributed by atoms with E-state index in [4.69, 9.17) is 10.5 Å². The Kier molecular flexibility index (Phi) is 7.18. The van der Waals surface area contributed by atoms with Crippen molar-refractivity contribution in [3.05, 3.63) is 29.8 Å². The summed E-state index contributed by atoms with van der Waals surface area (Å²) in [6, 6.07) is 3.55. The van der Waals surface area contributed by atoms with Gasteiger partial charge in [-0.15, -0.1) is 11.8 Å². The number of ether oxygens (including phenoxy) is 1. The van der Waals surface area contributed by atoms with Gasteiger partial charge in [0, 0.05) is 4.75 Å². The molecule has 6 N–H and O–H groups in total. The third-order valence-corrected chi connectivity index (χ3v) is 5.78. The first-order chi connectivity index (χ1) is 13.2. The lowest BCUT2D eigenvalue weighted by molar-refractivity contribution is -0.139. The number of carboxylic acids is 1. The Bertz CT molecular complexity index is 772. The van der Waals surface area contributed by atoms with Crippen molar-refractivity contribution >= 4 is 23.6 Å². The molecule has 1 fully saturated rings. The quantitative estimate of drug-likeness (QED) is 0.437. The van der Waals surface area contributed by atoms with Crippen molar-refractivity contribution in [2.75, 3.05) is 6.61 Å². The fraction of sp³-hybridized carbons (Fsp3) is 0.474. The van der Waals surface area contributed by atoms with Crippen LogP contribution in [0, 0.1) is 12.0 Å².